The van der Waals surface area contributed by atoms with Gasteiger partial charge in [0.15, 0.2) is 18.7 Å². The molecule has 1 spiro atoms. The zero-order chi connectivity index (χ0) is 26.0. The fourth-order valence-electron chi connectivity index (χ4n) is 7.24. The normalized spacial score (nSPS) is 36.6. The maximum atomic E-state index is 13.0. The smallest absolute Gasteiger partial charge is 0.279 e. The highest BCUT2D eigenvalue weighted by Gasteiger charge is 2.93. The van der Waals surface area contributed by atoms with E-state index in [9.17, 15) is 9.90 Å². The minimum absolute atomic E-state index is 0.109. The van der Waals surface area contributed by atoms with Gasteiger partial charge in [0.2, 0.25) is 11.9 Å². The van der Waals surface area contributed by atoms with Crippen molar-refractivity contribution in [3.63, 3.8) is 0 Å². The van der Waals surface area contributed by atoms with Gasteiger partial charge in [-0.05, 0) is 31.4 Å². The van der Waals surface area contributed by atoms with E-state index in [1.807, 2.05) is 13.0 Å². The van der Waals surface area contributed by atoms with Gasteiger partial charge in [0, 0.05) is 30.0 Å². The molecule has 5 atom stereocenters. The summed E-state index contributed by atoms with van der Waals surface area (Å²) in [6.07, 6.45) is -0.542. The molecule has 1 aliphatic carbocycles. The van der Waals surface area contributed by atoms with E-state index in [1.165, 1.54) is 7.11 Å². The van der Waals surface area contributed by atoms with Crippen molar-refractivity contribution in [1.29, 1.82) is 0 Å². The number of epoxide rings is 1. The van der Waals surface area contributed by atoms with Crippen molar-refractivity contribution in [2.75, 3.05) is 40.8 Å². The largest absolute Gasteiger partial charge is 0.506 e. The van der Waals surface area contributed by atoms with Crippen molar-refractivity contribution < 1.29 is 52.5 Å². The number of methoxy groups -OCH3 is 2. The van der Waals surface area contributed by atoms with Crippen LogP contribution in [0, 0.1) is 6.92 Å². The standard InChI is InChI=1S/C27H28O11/c1-12-9-14-18(19(29)17-13(20(14)31-3)5-4-6-15(17)28)21-16(12)22-23-26(36-21,35-11-30-2)25(10-34-25)27(37-22,38-23)24-32-7-8-33-24/h9,22-24,29H,4-8,10-11H2,1-3H3/t22?,23?,25-,26+,27?/m0/s1. The average molecular weight is 529 g/mol. The molecule has 0 aromatic heterocycles. The zero-order valence-electron chi connectivity index (χ0n) is 21.3. The number of carbonyl (C=O) groups is 1. The van der Waals surface area contributed by atoms with Crippen LogP contribution in [0.5, 0.6) is 17.2 Å². The maximum Gasteiger partial charge on any atom is 0.279 e. The topological polar surface area (TPSA) is 124 Å². The first-order valence-corrected chi connectivity index (χ1v) is 12.9. The number of hydrogen-bond donors (Lipinski definition) is 1. The van der Waals surface area contributed by atoms with E-state index in [0.29, 0.717) is 65.9 Å². The van der Waals surface area contributed by atoms with Crippen molar-refractivity contribution in [2.24, 2.45) is 0 Å². The van der Waals surface area contributed by atoms with Gasteiger partial charge in [-0.15, -0.1) is 0 Å². The molecule has 6 aliphatic rings. The molecule has 2 aromatic carbocycles. The Labute approximate surface area is 217 Å². The molecule has 8 rings (SSSR count). The molecule has 5 aliphatic heterocycles. The molecule has 5 heterocycles. The van der Waals surface area contributed by atoms with Gasteiger partial charge in [0.05, 0.1) is 37.9 Å². The molecule has 2 bridgehead atoms. The quantitative estimate of drug-likeness (QED) is 0.454. The second-order valence-corrected chi connectivity index (χ2v) is 10.6. The van der Waals surface area contributed by atoms with E-state index in [4.69, 9.17) is 42.6 Å². The van der Waals surface area contributed by atoms with Crippen molar-refractivity contribution in [2.45, 2.75) is 61.9 Å². The Bertz CT molecular complexity index is 1390. The molecule has 0 radical (unpaired) electrons. The molecule has 1 N–H and O–H groups in total. The van der Waals surface area contributed by atoms with Crippen LogP contribution < -0.4 is 9.47 Å². The highest BCUT2D eigenvalue weighted by Crippen LogP contribution is 2.72. The summed E-state index contributed by atoms with van der Waals surface area (Å²) in [4.78, 5) is 13.0. The highest BCUT2D eigenvalue weighted by atomic mass is 16.9. The molecule has 4 saturated heterocycles. The van der Waals surface area contributed by atoms with E-state index >= 15 is 0 Å². The molecule has 38 heavy (non-hydrogen) atoms. The van der Waals surface area contributed by atoms with Crippen molar-refractivity contribution in [3.05, 3.63) is 28.3 Å². The SMILES string of the molecule is COCO[C@@]12Oc3c(c(C)cc4c(OC)c5c(c(O)c34)C(=O)CCC5)C3OC(C4OCCO4)(OC31)[C@]21CO1. The van der Waals surface area contributed by atoms with Gasteiger partial charge in [-0.1, -0.05) is 0 Å². The van der Waals surface area contributed by atoms with Crippen molar-refractivity contribution in [3.8, 4) is 17.2 Å². The molecule has 0 saturated carbocycles. The van der Waals surface area contributed by atoms with Crippen LogP contribution in [-0.4, -0.2) is 81.3 Å². The maximum absolute atomic E-state index is 13.0. The number of rotatable bonds is 5. The lowest BCUT2D eigenvalue weighted by molar-refractivity contribution is -0.348. The molecule has 3 unspecified atom stereocenters. The fourth-order valence-corrected chi connectivity index (χ4v) is 7.24. The third-order valence-corrected chi connectivity index (χ3v) is 8.81. The summed E-state index contributed by atoms with van der Waals surface area (Å²) >= 11 is 0. The Hall–Kier alpha value is -2.51. The first-order valence-electron chi connectivity index (χ1n) is 12.9. The van der Waals surface area contributed by atoms with Crippen molar-refractivity contribution in [1.82, 2.24) is 0 Å². The van der Waals surface area contributed by atoms with Crippen LogP contribution in [0.4, 0.5) is 0 Å². The predicted molar refractivity (Wildman–Crippen MR) is 126 cm³/mol. The molecule has 2 aromatic rings. The van der Waals surface area contributed by atoms with Crippen LogP contribution in [0.2, 0.25) is 0 Å². The Morgan fingerprint density at radius 1 is 1.16 bits per heavy atom. The number of Topliss-reactive ketones (excluding diaryl/α,β-unsaturated/α-hetero) is 1. The second kappa shape index (κ2) is 7.57. The molecule has 0 amide bonds. The zero-order valence-corrected chi connectivity index (χ0v) is 21.3. The number of aromatic hydroxyl groups is 1. The van der Waals surface area contributed by atoms with Crippen LogP contribution >= 0.6 is 0 Å². The molecular formula is C27H28O11. The summed E-state index contributed by atoms with van der Waals surface area (Å²) in [6, 6.07) is 1.94. The van der Waals surface area contributed by atoms with Crippen LogP contribution in [0.15, 0.2) is 6.07 Å². The molecule has 11 heteroatoms. The summed E-state index contributed by atoms with van der Waals surface area (Å²) in [5, 5.41) is 12.7. The number of ketones is 1. The third kappa shape index (κ3) is 2.48. The van der Waals surface area contributed by atoms with Gasteiger partial charge in [0.1, 0.15) is 23.4 Å². The molecule has 4 fully saturated rings. The van der Waals surface area contributed by atoms with Crippen LogP contribution in [0.3, 0.4) is 0 Å². The number of phenols is 1. The molecule has 202 valence electrons. The van der Waals surface area contributed by atoms with Gasteiger partial charge >= 0.3 is 0 Å². The number of ether oxygens (including phenoxy) is 9. The average Bonchev–Trinajstić information content (AvgIpc) is 3.26. The lowest BCUT2D eigenvalue weighted by Gasteiger charge is -2.49. The number of carbonyl (C=O) groups excluding carboxylic acids is 1. The summed E-state index contributed by atoms with van der Waals surface area (Å²) in [5.41, 5.74) is 1.33. The second-order valence-electron chi connectivity index (χ2n) is 10.6. The van der Waals surface area contributed by atoms with E-state index in [2.05, 4.69) is 0 Å². The number of benzene rings is 2. The monoisotopic (exact) mass is 528 g/mol. The Kier molecular flexibility index (Phi) is 4.66. The predicted octanol–water partition coefficient (Wildman–Crippen LogP) is 2.40. The first kappa shape index (κ1) is 23.4. The number of fused-ring (bicyclic) bond motifs is 8. The van der Waals surface area contributed by atoms with Crippen LogP contribution in [-0.2, 0) is 39.6 Å². The Morgan fingerprint density at radius 2 is 1.95 bits per heavy atom. The number of phenolic OH excluding ortho intramolecular Hbond substituents is 1. The third-order valence-electron chi connectivity index (χ3n) is 8.81. The summed E-state index contributed by atoms with van der Waals surface area (Å²) in [6.45, 7) is 2.84. The van der Waals surface area contributed by atoms with Gasteiger partial charge in [-0.3, -0.25) is 4.79 Å². The highest BCUT2D eigenvalue weighted by molar-refractivity contribution is 6.11. The number of aryl methyl sites for hydroxylation is 1. The van der Waals surface area contributed by atoms with Gasteiger partial charge in [0.25, 0.3) is 11.6 Å². The number of hydrogen-bond acceptors (Lipinski definition) is 11. The van der Waals surface area contributed by atoms with E-state index in [1.54, 1.807) is 7.11 Å². The minimum atomic E-state index is -1.49. The first-order chi connectivity index (χ1) is 18.4. The lowest BCUT2D eigenvalue weighted by Crippen LogP contribution is -2.70. The molecular weight excluding hydrogens is 500 g/mol. The molecule has 11 nitrogen and oxygen atoms in total. The van der Waals surface area contributed by atoms with Gasteiger partial charge in [-0.25, -0.2) is 0 Å². The minimum Gasteiger partial charge on any atom is -0.506 e. The summed E-state index contributed by atoms with van der Waals surface area (Å²) < 4.78 is 55.4. The Morgan fingerprint density at radius 3 is 2.66 bits per heavy atom. The van der Waals surface area contributed by atoms with Gasteiger partial charge in [-0.2, -0.15) is 0 Å². The van der Waals surface area contributed by atoms with E-state index in [-0.39, 0.29) is 30.5 Å². The fraction of sp³-hybridized carbons (Fsp3) is 0.593. The van der Waals surface area contributed by atoms with Crippen LogP contribution in [0.1, 0.15) is 46.0 Å². The van der Waals surface area contributed by atoms with E-state index in [0.717, 1.165) is 5.56 Å². The Balaban J connectivity index is 1.41. The van der Waals surface area contributed by atoms with Gasteiger partial charge < -0.3 is 47.7 Å². The summed E-state index contributed by atoms with van der Waals surface area (Å²) in [5.74, 6) is -2.27. The van der Waals surface area contributed by atoms with Crippen LogP contribution in [0.25, 0.3) is 10.8 Å². The lowest BCUT2D eigenvalue weighted by atomic mass is 9.78. The summed E-state index contributed by atoms with van der Waals surface area (Å²) in [7, 11) is 3.09. The van der Waals surface area contributed by atoms with Crippen molar-refractivity contribution >= 4 is 16.6 Å². The van der Waals surface area contributed by atoms with E-state index < -0.39 is 35.7 Å².